The van der Waals surface area contributed by atoms with Crippen LogP contribution < -0.4 is 0 Å². The normalized spacial score (nSPS) is 12.2. The molecule has 4 rings (SSSR count). The number of nitrogens with zero attached hydrogens (tertiary/aromatic N) is 1. The zero-order valence-corrected chi connectivity index (χ0v) is 14.2. The Balaban J connectivity index is 2.07. The van der Waals surface area contributed by atoms with Crippen LogP contribution in [-0.2, 0) is 6.42 Å². The highest BCUT2D eigenvalue weighted by Crippen LogP contribution is 2.43. The van der Waals surface area contributed by atoms with Crippen LogP contribution in [0.5, 0.6) is 0 Å². The van der Waals surface area contributed by atoms with Gasteiger partial charge in [0, 0.05) is 17.5 Å². The molecule has 0 unspecified atom stereocenters. The summed E-state index contributed by atoms with van der Waals surface area (Å²) in [7, 11) is 0. The van der Waals surface area contributed by atoms with E-state index in [1.54, 1.807) is 12.1 Å². The molecule has 1 heterocycles. The molecule has 2 aromatic carbocycles. The van der Waals surface area contributed by atoms with E-state index >= 15 is 0 Å². The van der Waals surface area contributed by atoms with Crippen LogP contribution in [0.4, 0.5) is 4.39 Å². The van der Waals surface area contributed by atoms with Crippen molar-refractivity contribution in [3.05, 3.63) is 76.7 Å². The number of hydrogen-bond acceptors (Lipinski definition) is 2. The van der Waals surface area contributed by atoms with E-state index in [2.05, 4.69) is 12.1 Å². The number of halogens is 1. The molecule has 0 amide bonds. The molecule has 0 bridgehead atoms. The minimum atomic E-state index is -0.283. The third-order valence-corrected chi connectivity index (χ3v) is 4.80. The topological polar surface area (TPSA) is 30.0 Å². The van der Waals surface area contributed by atoms with Gasteiger partial charge in [-0.15, -0.1) is 0 Å². The monoisotopic (exact) mass is 331 g/mol. The summed E-state index contributed by atoms with van der Waals surface area (Å²) in [4.78, 5) is 16.8. The number of benzene rings is 2. The van der Waals surface area contributed by atoms with E-state index < -0.39 is 0 Å². The van der Waals surface area contributed by atoms with E-state index in [9.17, 15) is 9.18 Å². The number of pyridine rings is 1. The fourth-order valence-electron chi connectivity index (χ4n) is 3.65. The van der Waals surface area contributed by atoms with Gasteiger partial charge in [0.05, 0.1) is 11.4 Å². The minimum Gasteiger partial charge on any atom is -0.298 e. The minimum absolute atomic E-state index is 0.123. The molecule has 0 N–H and O–H groups in total. The molecule has 0 spiro atoms. The fraction of sp³-hybridized carbons (Fsp3) is 0.182. The summed E-state index contributed by atoms with van der Waals surface area (Å²) in [5.74, 6) is -0.160. The maximum atomic E-state index is 13.4. The molecule has 0 saturated heterocycles. The summed E-state index contributed by atoms with van der Waals surface area (Å²) in [5, 5.41) is 0. The molecule has 1 aliphatic carbocycles. The third kappa shape index (κ3) is 2.47. The lowest BCUT2D eigenvalue weighted by atomic mass is 9.90. The van der Waals surface area contributed by atoms with Crippen LogP contribution in [0.15, 0.2) is 48.5 Å². The fourth-order valence-corrected chi connectivity index (χ4v) is 3.65. The van der Waals surface area contributed by atoms with E-state index in [-0.39, 0.29) is 11.7 Å². The summed E-state index contributed by atoms with van der Waals surface area (Å²) in [6.07, 6.45) is 1.63. The third-order valence-electron chi connectivity index (χ3n) is 4.80. The second-order valence-corrected chi connectivity index (χ2v) is 6.73. The summed E-state index contributed by atoms with van der Waals surface area (Å²) in [6, 6.07) is 14.6. The SMILES string of the molecule is CC(C)c1nc2c(c(-c3ccc(F)cc3)c1C=O)Cc1ccccc1-2. The molecule has 3 heteroatoms. The average Bonchev–Trinajstić information content (AvgIpc) is 2.99. The molecule has 0 aliphatic heterocycles. The average molecular weight is 331 g/mol. The standard InChI is InChI=1S/C22H18FNO/c1-13(2)21-19(12-25)20(14-7-9-16(23)10-8-14)18-11-15-5-3-4-6-17(15)22(18)24-21/h3-10,12-13H,11H2,1-2H3. The largest absolute Gasteiger partial charge is 0.298 e. The highest BCUT2D eigenvalue weighted by molar-refractivity contribution is 5.95. The molecule has 124 valence electrons. The van der Waals surface area contributed by atoms with Crippen molar-refractivity contribution < 1.29 is 9.18 Å². The van der Waals surface area contributed by atoms with Crippen LogP contribution in [0.1, 0.15) is 46.9 Å². The number of carbonyl (C=O) groups is 1. The summed E-state index contributed by atoms with van der Waals surface area (Å²) < 4.78 is 13.4. The van der Waals surface area contributed by atoms with Crippen molar-refractivity contribution >= 4 is 6.29 Å². The zero-order chi connectivity index (χ0) is 17.6. The van der Waals surface area contributed by atoms with Gasteiger partial charge >= 0.3 is 0 Å². The van der Waals surface area contributed by atoms with E-state index in [1.165, 1.54) is 17.7 Å². The van der Waals surface area contributed by atoms with E-state index in [4.69, 9.17) is 4.98 Å². The lowest BCUT2D eigenvalue weighted by molar-refractivity contribution is 0.112. The first-order valence-electron chi connectivity index (χ1n) is 8.46. The van der Waals surface area contributed by atoms with Crippen LogP contribution >= 0.6 is 0 Å². The van der Waals surface area contributed by atoms with Crippen molar-refractivity contribution in [2.45, 2.75) is 26.2 Å². The van der Waals surface area contributed by atoms with Gasteiger partial charge in [-0.25, -0.2) is 4.39 Å². The van der Waals surface area contributed by atoms with Gasteiger partial charge in [0.2, 0.25) is 0 Å². The lowest BCUT2D eigenvalue weighted by Gasteiger charge is -2.17. The highest BCUT2D eigenvalue weighted by atomic mass is 19.1. The number of aromatic nitrogens is 1. The maximum Gasteiger partial charge on any atom is 0.152 e. The number of hydrogen-bond donors (Lipinski definition) is 0. The molecule has 0 fully saturated rings. The Morgan fingerprint density at radius 2 is 1.80 bits per heavy atom. The number of rotatable bonds is 3. The molecule has 0 radical (unpaired) electrons. The van der Waals surface area contributed by atoms with Crippen LogP contribution in [0.2, 0.25) is 0 Å². The summed E-state index contributed by atoms with van der Waals surface area (Å²) in [6.45, 7) is 4.08. The first-order chi connectivity index (χ1) is 12.1. The van der Waals surface area contributed by atoms with Crippen LogP contribution in [0, 0.1) is 5.82 Å². The Morgan fingerprint density at radius 3 is 2.48 bits per heavy atom. The van der Waals surface area contributed by atoms with Gasteiger partial charge in [-0.3, -0.25) is 9.78 Å². The Bertz CT molecular complexity index is 974. The van der Waals surface area contributed by atoms with E-state index in [0.29, 0.717) is 5.56 Å². The summed E-state index contributed by atoms with van der Waals surface area (Å²) in [5.41, 5.74) is 7.50. The molecule has 2 nitrogen and oxygen atoms in total. The summed E-state index contributed by atoms with van der Waals surface area (Å²) >= 11 is 0. The predicted octanol–water partition coefficient (Wildman–Crippen LogP) is 5.39. The van der Waals surface area contributed by atoms with Crippen molar-refractivity contribution in [2.24, 2.45) is 0 Å². The van der Waals surface area contributed by atoms with Gasteiger partial charge in [-0.2, -0.15) is 0 Å². The second-order valence-electron chi connectivity index (χ2n) is 6.73. The Labute approximate surface area is 146 Å². The van der Waals surface area contributed by atoms with Gasteiger partial charge in [-0.1, -0.05) is 50.2 Å². The Hall–Kier alpha value is -2.81. The number of aldehydes is 1. The molecule has 0 atom stereocenters. The molecule has 25 heavy (non-hydrogen) atoms. The number of fused-ring (bicyclic) bond motifs is 3. The molecular formula is C22H18FNO. The zero-order valence-electron chi connectivity index (χ0n) is 14.2. The van der Waals surface area contributed by atoms with Gasteiger partial charge in [0.25, 0.3) is 0 Å². The Kier molecular flexibility index (Phi) is 3.72. The van der Waals surface area contributed by atoms with Crippen molar-refractivity contribution in [1.29, 1.82) is 0 Å². The van der Waals surface area contributed by atoms with Crippen molar-refractivity contribution in [1.82, 2.24) is 4.98 Å². The van der Waals surface area contributed by atoms with Gasteiger partial charge in [0.1, 0.15) is 5.82 Å². The first-order valence-corrected chi connectivity index (χ1v) is 8.46. The van der Waals surface area contributed by atoms with Crippen LogP contribution in [0.25, 0.3) is 22.4 Å². The molecule has 3 aromatic rings. The van der Waals surface area contributed by atoms with Gasteiger partial charge < -0.3 is 0 Å². The quantitative estimate of drug-likeness (QED) is 0.471. The van der Waals surface area contributed by atoms with E-state index in [1.807, 2.05) is 26.0 Å². The van der Waals surface area contributed by atoms with Gasteiger partial charge in [-0.05, 0) is 40.3 Å². The van der Waals surface area contributed by atoms with Crippen molar-refractivity contribution in [3.8, 4) is 22.4 Å². The van der Waals surface area contributed by atoms with Crippen LogP contribution in [-0.4, -0.2) is 11.3 Å². The number of carbonyl (C=O) groups excluding carboxylic acids is 1. The second kappa shape index (κ2) is 5.92. The van der Waals surface area contributed by atoms with Crippen molar-refractivity contribution in [3.63, 3.8) is 0 Å². The van der Waals surface area contributed by atoms with E-state index in [0.717, 1.165) is 46.3 Å². The lowest BCUT2D eigenvalue weighted by Crippen LogP contribution is -2.06. The molecule has 0 saturated carbocycles. The first kappa shape index (κ1) is 15.7. The van der Waals surface area contributed by atoms with Gasteiger partial charge in [0.15, 0.2) is 6.29 Å². The van der Waals surface area contributed by atoms with Crippen molar-refractivity contribution in [2.75, 3.05) is 0 Å². The highest BCUT2D eigenvalue weighted by Gasteiger charge is 2.28. The molecule has 1 aromatic heterocycles. The smallest absolute Gasteiger partial charge is 0.152 e. The Morgan fingerprint density at radius 1 is 1.08 bits per heavy atom. The maximum absolute atomic E-state index is 13.4. The molecular weight excluding hydrogens is 313 g/mol. The molecule has 1 aliphatic rings. The predicted molar refractivity (Wildman–Crippen MR) is 97.3 cm³/mol. The van der Waals surface area contributed by atoms with Crippen LogP contribution in [0.3, 0.4) is 0 Å².